The number of amides is 1. The van der Waals surface area contributed by atoms with Crippen molar-refractivity contribution in [3.63, 3.8) is 0 Å². The first-order valence-electron chi connectivity index (χ1n) is 8.98. The average molecular weight is 316 g/mol. The van der Waals surface area contributed by atoms with E-state index >= 15 is 0 Å². The molecular formula is C19H28N2O2. The number of likely N-dealkylation sites (tertiary alicyclic amines) is 1. The first kappa shape index (κ1) is 16.5. The summed E-state index contributed by atoms with van der Waals surface area (Å²) in [5.74, 6) is 0.500. The van der Waals surface area contributed by atoms with Crippen LogP contribution in [-0.4, -0.2) is 43.7 Å². The second-order valence-corrected chi connectivity index (χ2v) is 6.83. The van der Waals surface area contributed by atoms with Crippen LogP contribution in [0.2, 0.25) is 0 Å². The number of rotatable bonds is 5. The van der Waals surface area contributed by atoms with Crippen LogP contribution in [0.4, 0.5) is 0 Å². The van der Waals surface area contributed by atoms with Crippen molar-refractivity contribution in [2.45, 2.75) is 38.6 Å². The summed E-state index contributed by atoms with van der Waals surface area (Å²) >= 11 is 0. The van der Waals surface area contributed by atoms with Gasteiger partial charge in [-0.1, -0.05) is 18.6 Å². The lowest BCUT2D eigenvalue weighted by Crippen LogP contribution is -2.33. The van der Waals surface area contributed by atoms with E-state index in [1.807, 2.05) is 18.2 Å². The van der Waals surface area contributed by atoms with Crippen molar-refractivity contribution < 1.29 is 9.53 Å². The van der Waals surface area contributed by atoms with Crippen LogP contribution in [-0.2, 0) is 11.3 Å². The summed E-state index contributed by atoms with van der Waals surface area (Å²) < 4.78 is 5.47. The molecule has 2 aliphatic rings. The molecule has 0 saturated carbocycles. The minimum Gasteiger partial charge on any atom is -0.381 e. The van der Waals surface area contributed by atoms with Crippen LogP contribution in [0.3, 0.4) is 0 Å². The van der Waals surface area contributed by atoms with Gasteiger partial charge in [-0.2, -0.15) is 0 Å². The van der Waals surface area contributed by atoms with E-state index < -0.39 is 0 Å². The highest BCUT2D eigenvalue weighted by molar-refractivity contribution is 5.94. The first-order chi connectivity index (χ1) is 11.3. The number of hydrogen-bond acceptors (Lipinski definition) is 3. The summed E-state index contributed by atoms with van der Waals surface area (Å²) in [7, 11) is 0. The third-order valence-electron chi connectivity index (χ3n) is 4.85. The van der Waals surface area contributed by atoms with Crippen LogP contribution in [0.1, 0.15) is 48.0 Å². The fourth-order valence-electron chi connectivity index (χ4n) is 3.49. The van der Waals surface area contributed by atoms with Crippen LogP contribution in [0.25, 0.3) is 0 Å². The highest BCUT2D eigenvalue weighted by atomic mass is 16.5. The summed E-state index contributed by atoms with van der Waals surface area (Å²) in [5, 5.41) is 3.07. The summed E-state index contributed by atoms with van der Waals surface area (Å²) in [6, 6.07) is 8.08. The Bertz CT molecular complexity index is 506. The Hall–Kier alpha value is -1.39. The number of hydrogen-bond donors (Lipinski definition) is 1. The normalized spacial score (nSPS) is 22.7. The van der Waals surface area contributed by atoms with Gasteiger partial charge in [-0.15, -0.1) is 0 Å². The molecule has 4 nitrogen and oxygen atoms in total. The molecule has 0 radical (unpaired) electrons. The van der Waals surface area contributed by atoms with Crippen molar-refractivity contribution in [1.29, 1.82) is 0 Å². The number of carbonyl (C=O) groups excluding carboxylic acids is 1. The number of nitrogens with zero attached hydrogens (tertiary/aromatic N) is 1. The number of piperidine rings is 1. The molecule has 2 heterocycles. The van der Waals surface area contributed by atoms with Crippen LogP contribution in [0.5, 0.6) is 0 Å². The Morgan fingerprint density at radius 2 is 2.09 bits per heavy atom. The number of ether oxygens (including phenoxy) is 1. The molecule has 0 aliphatic carbocycles. The fourth-order valence-corrected chi connectivity index (χ4v) is 3.49. The molecule has 3 rings (SSSR count). The van der Waals surface area contributed by atoms with Crippen molar-refractivity contribution in [3.8, 4) is 0 Å². The summed E-state index contributed by atoms with van der Waals surface area (Å²) in [6.07, 6.45) is 6.19. The second kappa shape index (κ2) is 8.46. The molecule has 1 aromatic carbocycles. The predicted octanol–water partition coefficient (Wildman–Crippen LogP) is 2.83. The van der Waals surface area contributed by atoms with Gasteiger partial charge >= 0.3 is 0 Å². The summed E-state index contributed by atoms with van der Waals surface area (Å²) in [6.45, 7) is 5.67. The van der Waals surface area contributed by atoms with Crippen LogP contribution in [0.15, 0.2) is 24.3 Å². The molecule has 4 heteroatoms. The zero-order valence-electron chi connectivity index (χ0n) is 13.9. The zero-order chi connectivity index (χ0) is 15.9. The quantitative estimate of drug-likeness (QED) is 0.908. The van der Waals surface area contributed by atoms with E-state index in [0.29, 0.717) is 5.92 Å². The highest BCUT2D eigenvalue weighted by Gasteiger charge is 2.16. The monoisotopic (exact) mass is 316 g/mol. The Balaban J connectivity index is 1.52. The number of nitrogens with one attached hydrogen (secondary N) is 1. The molecule has 23 heavy (non-hydrogen) atoms. The molecule has 126 valence electrons. The van der Waals surface area contributed by atoms with Crippen molar-refractivity contribution in [2.75, 3.05) is 32.8 Å². The van der Waals surface area contributed by atoms with Crippen molar-refractivity contribution in [1.82, 2.24) is 10.2 Å². The van der Waals surface area contributed by atoms with E-state index in [9.17, 15) is 4.79 Å². The Kier molecular flexibility index (Phi) is 6.06. The lowest BCUT2D eigenvalue weighted by Gasteiger charge is -2.26. The number of carbonyl (C=O) groups is 1. The maximum atomic E-state index is 12.4. The van der Waals surface area contributed by atoms with Gasteiger partial charge in [-0.05, 0) is 62.4 Å². The predicted molar refractivity (Wildman–Crippen MR) is 91.4 cm³/mol. The standard InChI is InChI=1S/C19H28N2O2/c22-19(20-13-17-7-5-11-23-15-17)18-8-4-6-16(12-18)14-21-9-2-1-3-10-21/h4,6,8,12,17H,1-3,5,7,9-11,13-15H2,(H,20,22)/t17-/m0/s1. The van der Waals surface area contributed by atoms with Gasteiger partial charge in [0, 0.05) is 25.3 Å². The van der Waals surface area contributed by atoms with Gasteiger partial charge in [-0.3, -0.25) is 9.69 Å². The highest BCUT2D eigenvalue weighted by Crippen LogP contribution is 2.15. The van der Waals surface area contributed by atoms with Gasteiger partial charge in [0.2, 0.25) is 0 Å². The van der Waals surface area contributed by atoms with E-state index in [2.05, 4.69) is 16.3 Å². The van der Waals surface area contributed by atoms with E-state index in [-0.39, 0.29) is 5.91 Å². The van der Waals surface area contributed by atoms with Crippen LogP contribution < -0.4 is 5.32 Å². The molecular weight excluding hydrogens is 288 g/mol. The zero-order valence-corrected chi connectivity index (χ0v) is 13.9. The van der Waals surface area contributed by atoms with Crippen molar-refractivity contribution in [3.05, 3.63) is 35.4 Å². The lowest BCUT2D eigenvalue weighted by atomic mass is 10.0. The molecule has 0 unspecified atom stereocenters. The molecule has 2 saturated heterocycles. The lowest BCUT2D eigenvalue weighted by molar-refractivity contribution is 0.0536. The van der Waals surface area contributed by atoms with Crippen molar-refractivity contribution >= 4 is 5.91 Å². The molecule has 1 amide bonds. The minimum absolute atomic E-state index is 0.0380. The van der Waals surface area contributed by atoms with Gasteiger partial charge in [0.05, 0.1) is 6.61 Å². The first-order valence-corrected chi connectivity index (χ1v) is 8.98. The largest absolute Gasteiger partial charge is 0.381 e. The van der Waals surface area contributed by atoms with Crippen LogP contribution >= 0.6 is 0 Å². The summed E-state index contributed by atoms with van der Waals surface area (Å²) in [5.41, 5.74) is 2.01. The van der Waals surface area contributed by atoms with Gasteiger partial charge < -0.3 is 10.1 Å². The third-order valence-corrected chi connectivity index (χ3v) is 4.85. The molecule has 1 N–H and O–H groups in total. The van der Waals surface area contributed by atoms with E-state index in [1.165, 1.54) is 37.9 Å². The van der Waals surface area contributed by atoms with Gasteiger partial charge in [0.1, 0.15) is 0 Å². The molecule has 1 atom stereocenters. The molecule has 2 aliphatic heterocycles. The van der Waals surface area contributed by atoms with Gasteiger partial charge in [-0.25, -0.2) is 0 Å². The second-order valence-electron chi connectivity index (χ2n) is 6.83. The maximum Gasteiger partial charge on any atom is 0.251 e. The Labute approximate surface area is 139 Å². The van der Waals surface area contributed by atoms with E-state index in [1.54, 1.807) is 0 Å². The molecule has 2 fully saturated rings. The molecule has 0 bridgehead atoms. The van der Waals surface area contributed by atoms with Gasteiger partial charge in [0.15, 0.2) is 0 Å². The molecule has 0 aromatic heterocycles. The van der Waals surface area contributed by atoms with E-state index in [0.717, 1.165) is 44.7 Å². The maximum absolute atomic E-state index is 12.4. The van der Waals surface area contributed by atoms with Crippen LogP contribution in [0, 0.1) is 5.92 Å². The SMILES string of the molecule is O=C(NC[C@@H]1CCCOC1)c1cccc(CN2CCCCC2)c1. The average Bonchev–Trinajstić information content (AvgIpc) is 2.62. The Morgan fingerprint density at radius 1 is 1.22 bits per heavy atom. The summed E-state index contributed by atoms with van der Waals surface area (Å²) in [4.78, 5) is 14.9. The Morgan fingerprint density at radius 3 is 2.87 bits per heavy atom. The minimum atomic E-state index is 0.0380. The smallest absolute Gasteiger partial charge is 0.251 e. The third kappa shape index (κ3) is 5.05. The van der Waals surface area contributed by atoms with Crippen molar-refractivity contribution in [2.24, 2.45) is 5.92 Å². The topological polar surface area (TPSA) is 41.6 Å². The molecule has 1 aromatic rings. The molecule has 0 spiro atoms. The fraction of sp³-hybridized carbons (Fsp3) is 0.632. The number of benzene rings is 1. The van der Waals surface area contributed by atoms with E-state index in [4.69, 9.17) is 4.74 Å². The van der Waals surface area contributed by atoms with Gasteiger partial charge in [0.25, 0.3) is 5.91 Å².